The molecular weight excluding hydrogens is 468 g/mol. The highest BCUT2D eigenvalue weighted by atomic mass is 14.6. The van der Waals surface area contributed by atoms with Gasteiger partial charge in [-0.1, -0.05) is 63.5 Å². The summed E-state index contributed by atoms with van der Waals surface area (Å²) in [5.41, 5.74) is 0. The van der Waals surface area contributed by atoms with Crippen molar-refractivity contribution in [3.63, 3.8) is 0 Å². The van der Waals surface area contributed by atoms with Crippen LogP contribution in [0, 0.1) is 82.9 Å². The summed E-state index contributed by atoms with van der Waals surface area (Å²) in [6.07, 6.45) is 41.7. The third-order valence-corrected chi connectivity index (χ3v) is 15.8. The van der Waals surface area contributed by atoms with Gasteiger partial charge in [0.05, 0.1) is 0 Å². The zero-order chi connectivity index (χ0) is 25.8. The van der Waals surface area contributed by atoms with Crippen molar-refractivity contribution in [2.24, 2.45) is 82.9 Å². The summed E-state index contributed by atoms with van der Waals surface area (Å²) in [4.78, 5) is 0. The maximum atomic E-state index is 2.69. The summed E-state index contributed by atoms with van der Waals surface area (Å²) in [5, 5.41) is 0. The third kappa shape index (κ3) is 4.85. The van der Waals surface area contributed by atoms with Crippen LogP contribution in [-0.2, 0) is 0 Å². The molecule has 12 atom stereocenters. The molecule has 7 fully saturated rings. The van der Waals surface area contributed by atoms with E-state index in [1.807, 2.05) is 0 Å². The van der Waals surface area contributed by atoms with Crippen LogP contribution in [0.25, 0.3) is 0 Å². The lowest BCUT2D eigenvalue weighted by Crippen LogP contribution is -2.51. The third-order valence-electron chi connectivity index (χ3n) is 15.8. The van der Waals surface area contributed by atoms with E-state index in [4.69, 9.17) is 0 Å². The molecule has 39 heavy (non-hydrogen) atoms. The van der Waals surface area contributed by atoms with E-state index in [0.29, 0.717) is 0 Å². The van der Waals surface area contributed by atoms with E-state index in [9.17, 15) is 0 Å². The number of fused-ring (bicyclic) bond motifs is 4. The van der Waals surface area contributed by atoms with Gasteiger partial charge < -0.3 is 0 Å². The van der Waals surface area contributed by atoms with Gasteiger partial charge >= 0.3 is 0 Å². The second kappa shape index (κ2) is 11.4. The van der Waals surface area contributed by atoms with Gasteiger partial charge in [-0.05, 0) is 179 Å². The topological polar surface area (TPSA) is 0 Å². The predicted octanol–water partition coefficient (Wildman–Crippen LogP) is 11.3. The van der Waals surface area contributed by atoms with Gasteiger partial charge in [0.25, 0.3) is 0 Å². The van der Waals surface area contributed by atoms with Crippen LogP contribution in [0.1, 0.15) is 148 Å². The van der Waals surface area contributed by atoms with Crippen LogP contribution < -0.4 is 0 Å². The fourth-order valence-electron chi connectivity index (χ4n) is 14.5. The molecule has 0 aliphatic heterocycles. The second-order valence-corrected chi connectivity index (χ2v) is 17.0. The molecule has 0 heterocycles. The highest BCUT2D eigenvalue weighted by Gasteiger charge is 2.56. The van der Waals surface area contributed by atoms with E-state index in [0.717, 1.165) is 82.9 Å². The van der Waals surface area contributed by atoms with Crippen LogP contribution in [0.3, 0.4) is 0 Å². The summed E-state index contributed by atoms with van der Waals surface area (Å²) in [7, 11) is 0. The van der Waals surface area contributed by atoms with Gasteiger partial charge in [-0.2, -0.15) is 0 Å². The normalized spacial score (nSPS) is 53.7. The molecule has 0 aromatic rings. The van der Waals surface area contributed by atoms with E-state index >= 15 is 0 Å². The van der Waals surface area contributed by atoms with Gasteiger partial charge in [-0.3, -0.25) is 0 Å². The van der Waals surface area contributed by atoms with Gasteiger partial charge in [0.1, 0.15) is 0 Å². The zero-order valence-corrected chi connectivity index (χ0v) is 25.5. The van der Waals surface area contributed by atoms with E-state index in [2.05, 4.69) is 12.2 Å². The molecule has 8 aliphatic carbocycles. The molecule has 7 saturated carbocycles. The Kier molecular flexibility index (Phi) is 7.73. The quantitative estimate of drug-likeness (QED) is 0.318. The predicted molar refractivity (Wildman–Crippen MR) is 164 cm³/mol. The molecular formula is C39H62. The Bertz CT molecular complexity index is 844. The maximum absolute atomic E-state index is 2.69. The van der Waals surface area contributed by atoms with Crippen molar-refractivity contribution >= 4 is 0 Å². The Hall–Kier alpha value is -0.260. The fraction of sp³-hybridized carbons (Fsp3) is 0.949. The molecule has 0 radical (unpaired) electrons. The minimum atomic E-state index is 0.955. The highest BCUT2D eigenvalue weighted by molar-refractivity contribution is 5.07. The van der Waals surface area contributed by atoms with E-state index < -0.39 is 0 Å². The van der Waals surface area contributed by atoms with E-state index in [1.165, 1.54) is 12.8 Å². The molecule has 0 spiro atoms. The van der Waals surface area contributed by atoms with Gasteiger partial charge in [-0.25, -0.2) is 0 Å². The zero-order valence-electron chi connectivity index (χ0n) is 25.5. The molecule has 8 aliphatic rings. The average molecular weight is 531 g/mol. The van der Waals surface area contributed by atoms with Crippen LogP contribution in [0.5, 0.6) is 0 Å². The Labute approximate surface area is 242 Å². The molecule has 12 unspecified atom stereocenters. The van der Waals surface area contributed by atoms with Crippen LogP contribution in [0.4, 0.5) is 0 Å². The Morgan fingerprint density at radius 1 is 0.333 bits per heavy atom. The van der Waals surface area contributed by atoms with E-state index in [1.54, 1.807) is 135 Å². The first-order valence-electron chi connectivity index (χ1n) is 19.0. The van der Waals surface area contributed by atoms with Crippen LogP contribution in [0.2, 0.25) is 0 Å². The van der Waals surface area contributed by atoms with E-state index in [-0.39, 0.29) is 0 Å². The van der Waals surface area contributed by atoms with Gasteiger partial charge in [0.15, 0.2) is 0 Å². The molecule has 0 bridgehead atoms. The first-order chi connectivity index (χ1) is 19.3. The Morgan fingerprint density at radius 3 is 1.54 bits per heavy atom. The average Bonchev–Trinajstić information content (AvgIpc) is 3.48. The van der Waals surface area contributed by atoms with Gasteiger partial charge in [-0.15, -0.1) is 0 Å². The number of hydrogen-bond acceptors (Lipinski definition) is 0. The van der Waals surface area contributed by atoms with Crippen molar-refractivity contribution in [3.05, 3.63) is 12.2 Å². The number of allylic oxidation sites excluding steroid dienone is 2. The first kappa shape index (κ1) is 26.4. The van der Waals surface area contributed by atoms with Crippen molar-refractivity contribution in [2.75, 3.05) is 0 Å². The molecule has 8 rings (SSSR count). The van der Waals surface area contributed by atoms with Crippen molar-refractivity contribution < 1.29 is 0 Å². The standard InChI is InChI=1S/C39H62/c1-2-11-30-25-31(24-19-26(30)9-1)39-35-15-6-5-14-34(35)38(36-17-8-18-37(36)39)29-22-20-28(21-23-29)33-16-7-12-27-10-3-4-13-32(27)33/h2,11,26-39H,1,3-10,12-25H2. The SMILES string of the molecule is C1=CC2CC(C3C4CCCCC4C(C4CCC(C5CCCC6CCCCC65)CC4)C4CCCC43)CCC2CC1. The summed E-state index contributed by atoms with van der Waals surface area (Å²) < 4.78 is 0. The van der Waals surface area contributed by atoms with Gasteiger partial charge in [0.2, 0.25) is 0 Å². The van der Waals surface area contributed by atoms with Crippen LogP contribution in [0.15, 0.2) is 12.2 Å². The molecule has 0 N–H and O–H groups in total. The monoisotopic (exact) mass is 530 g/mol. The minimum absolute atomic E-state index is 0.955. The molecule has 0 aromatic heterocycles. The van der Waals surface area contributed by atoms with Gasteiger partial charge in [0, 0.05) is 0 Å². The van der Waals surface area contributed by atoms with Crippen LogP contribution >= 0.6 is 0 Å². The lowest BCUT2D eigenvalue weighted by Gasteiger charge is -2.58. The molecule has 0 amide bonds. The van der Waals surface area contributed by atoms with Crippen molar-refractivity contribution in [3.8, 4) is 0 Å². The first-order valence-corrected chi connectivity index (χ1v) is 19.0. The Morgan fingerprint density at radius 2 is 0.795 bits per heavy atom. The molecule has 0 aromatic carbocycles. The summed E-state index contributed by atoms with van der Waals surface area (Å²) in [6, 6.07) is 0. The number of hydrogen-bond donors (Lipinski definition) is 0. The summed E-state index contributed by atoms with van der Waals surface area (Å²) >= 11 is 0. The smallest absolute Gasteiger partial charge is 0.0202 e. The number of rotatable bonds is 3. The summed E-state index contributed by atoms with van der Waals surface area (Å²) in [5.74, 6) is 15.5. The lowest BCUT2D eigenvalue weighted by molar-refractivity contribution is -0.0944. The van der Waals surface area contributed by atoms with Crippen molar-refractivity contribution in [1.82, 2.24) is 0 Å². The Balaban J connectivity index is 0.985. The molecule has 0 saturated heterocycles. The molecule has 0 nitrogen and oxygen atoms in total. The lowest BCUT2D eigenvalue weighted by atomic mass is 9.47. The van der Waals surface area contributed by atoms with Crippen molar-refractivity contribution in [2.45, 2.75) is 148 Å². The summed E-state index contributed by atoms with van der Waals surface area (Å²) in [6.45, 7) is 0. The molecule has 218 valence electrons. The molecule has 0 heteroatoms. The highest BCUT2D eigenvalue weighted by Crippen LogP contribution is 2.64. The second-order valence-electron chi connectivity index (χ2n) is 17.0. The largest absolute Gasteiger partial charge is 0.0882 e. The minimum Gasteiger partial charge on any atom is -0.0882 e. The van der Waals surface area contributed by atoms with Crippen LogP contribution in [-0.4, -0.2) is 0 Å². The van der Waals surface area contributed by atoms with Crippen molar-refractivity contribution in [1.29, 1.82) is 0 Å². The maximum Gasteiger partial charge on any atom is -0.0202 e. The fourth-order valence-corrected chi connectivity index (χ4v) is 14.5.